The van der Waals surface area contributed by atoms with Gasteiger partial charge in [-0.2, -0.15) is 0 Å². The topological polar surface area (TPSA) is 37.8 Å². The predicted molar refractivity (Wildman–Crippen MR) is 76.5 cm³/mol. The number of nitrogens with one attached hydrogen (secondary N) is 1. The lowest BCUT2D eigenvalue weighted by Crippen LogP contribution is -1.97. The Hall–Kier alpha value is -1.94. The summed E-state index contributed by atoms with van der Waals surface area (Å²) in [7, 11) is 0. The van der Waals surface area contributed by atoms with E-state index in [1.165, 1.54) is 5.56 Å². The number of anilines is 2. The molecular formula is C14H13N3S. The second-order valence-electron chi connectivity index (χ2n) is 4.00. The molecule has 0 amide bonds. The first-order valence-electron chi connectivity index (χ1n) is 5.91. The molecule has 1 N–H and O–H groups in total. The maximum atomic E-state index is 4.33. The van der Waals surface area contributed by atoms with E-state index in [0.717, 1.165) is 28.1 Å². The molecule has 3 aromatic rings. The van der Waals surface area contributed by atoms with Gasteiger partial charge in [-0.25, -0.2) is 9.97 Å². The van der Waals surface area contributed by atoms with Crippen LogP contribution in [0.5, 0.6) is 0 Å². The summed E-state index contributed by atoms with van der Waals surface area (Å²) >= 11 is 1.63. The summed E-state index contributed by atoms with van der Waals surface area (Å²) in [5.41, 5.74) is 2.41. The fraction of sp³-hybridized carbons (Fsp3) is 0.143. The van der Waals surface area contributed by atoms with Crippen LogP contribution in [0.25, 0.3) is 10.2 Å². The van der Waals surface area contributed by atoms with Crippen molar-refractivity contribution >= 4 is 33.1 Å². The number of para-hydroxylation sites is 1. The van der Waals surface area contributed by atoms with Crippen molar-refractivity contribution in [1.29, 1.82) is 0 Å². The van der Waals surface area contributed by atoms with Crippen molar-refractivity contribution < 1.29 is 0 Å². The molecule has 0 saturated heterocycles. The van der Waals surface area contributed by atoms with Crippen molar-refractivity contribution in [2.45, 2.75) is 13.3 Å². The van der Waals surface area contributed by atoms with Crippen LogP contribution in [0.2, 0.25) is 0 Å². The summed E-state index contributed by atoms with van der Waals surface area (Å²) in [5.74, 6) is 0.877. The van der Waals surface area contributed by atoms with Gasteiger partial charge in [-0.05, 0) is 29.5 Å². The SMILES string of the molecule is CCc1ccccc1Nc1ncnc2sccc12. The molecule has 0 radical (unpaired) electrons. The number of nitrogens with zero attached hydrogens (tertiary/aromatic N) is 2. The summed E-state index contributed by atoms with van der Waals surface area (Å²) in [6.45, 7) is 2.15. The highest BCUT2D eigenvalue weighted by Crippen LogP contribution is 2.27. The number of aromatic nitrogens is 2. The summed E-state index contributed by atoms with van der Waals surface area (Å²) in [4.78, 5) is 9.60. The standard InChI is InChI=1S/C14H13N3S/c1-2-10-5-3-4-6-12(10)17-13-11-7-8-18-14(11)16-9-15-13/h3-9H,2H2,1H3,(H,15,16,17). The Morgan fingerprint density at radius 2 is 2.06 bits per heavy atom. The van der Waals surface area contributed by atoms with Crippen LogP contribution >= 0.6 is 11.3 Å². The first kappa shape index (κ1) is 11.2. The molecule has 0 aliphatic heterocycles. The highest BCUT2D eigenvalue weighted by molar-refractivity contribution is 7.16. The summed E-state index contributed by atoms with van der Waals surface area (Å²) in [6, 6.07) is 10.4. The van der Waals surface area contributed by atoms with Crippen LogP contribution in [0, 0.1) is 0 Å². The number of fused-ring (bicyclic) bond motifs is 1. The van der Waals surface area contributed by atoms with Crippen molar-refractivity contribution in [3.05, 3.63) is 47.6 Å². The van der Waals surface area contributed by atoms with E-state index in [1.54, 1.807) is 17.7 Å². The first-order chi connectivity index (χ1) is 8.88. The van der Waals surface area contributed by atoms with Crippen molar-refractivity contribution in [3.8, 4) is 0 Å². The zero-order chi connectivity index (χ0) is 12.4. The van der Waals surface area contributed by atoms with Crippen LogP contribution in [0.3, 0.4) is 0 Å². The summed E-state index contributed by atoms with van der Waals surface area (Å²) in [6.07, 6.45) is 2.61. The quantitative estimate of drug-likeness (QED) is 0.768. The Morgan fingerprint density at radius 1 is 1.17 bits per heavy atom. The van der Waals surface area contributed by atoms with Crippen molar-refractivity contribution in [2.75, 3.05) is 5.32 Å². The molecule has 2 aromatic heterocycles. The molecule has 0 aliphatic rings. The minimum Gasteiger partial charge on any atom is -0.339 e. The molecule has 0 aliphatic carbocycles. The molecule has 0 spiro atoms. The van der Waals surface area contributed by atoms with Crippen LogP contribution < -0.4 is 5.32 Å². The molecule has 3 rings (SSSR count). The molecule has 1 aromatic carbocycles. The van der Waals surface area contributed by atoms with E-state index in [-0.39, 0.29) is 0 Å². The van der Waals surface area contributed by atoms with Gasteiger partial charge in [-0.1, -0.05) is 25.1 Å². The number of hydrogen-bond acceptors (Lipinski definition) is 4. The smallest absolute Gasteiger partial charge is 0.142 e. The van der Waals surface area contributed by atoms with Gasteiger partial charge in [-0.3, -0.25) is 0 Å². The molecule has 0 bridgehead atoms. The Balaban J connectivity index is 2.04. The third-order valence-electron chi connectivity index (χ3n) is 2.91. The molecule has 0 unspecified atom stereocenters. The first-order valence-corrected chi connectivity index (χ1v) is 6.79. The van der Waals surface area contributed by atoms with Crippen molar-refractivity contribution in [2.24, 2.45) is 0 Å². The van der Waals surface area contributed by atoms with Crippen molar-refractivity contribution in [3.63, 3.8) is 0 Å². The van der Waals surface area contributed by atoms with E-state index in [4.69, 9.17) is 0 Å². The lowest BCUT2D eigenvalue weighted by atomic mass is 10.1. The largest absolute Gasteiger partial charge is 0.339 e. The average Bonchev–Trinajstić information content (AvgIpc) is 2.89. The number of benzene rings is 1. The zero-order valence-electron chi connectivity index (χ0n) is 10.1. The molecule has 0 atom stereocenters. The summed E-state index contributed by atoms with van der Waals surface area (Å²) < 4.78 is 0. The van der Waals surface area contributed by atoms with Gasteiger partial charge in [0, 0.05) is 5.69 Å². The Labute approximate surface area is 110 Å². The van der Waals surface area contributed by atoms with Crippen LogP contribution in [0.15, 0.2) is 42.0 Å². The van der Waals surface area contributed by atoms with E-state index in [2.05, 4.69) is 46.5 Å². The van der Waals surface area contributed by atoms with Gasteiger partial charge in [0.05, 0.1) is 5.39 Å². The van der Waals surface area contributed by atoms with E-state index < -0.39 is 0 Å². The Bertz CT molecular complexity index is 675. The van der Waals surface area contributed by atoms with E-state index in [1.807, 2.05) is 11.4 Å². The van der Waals surface area contributed by atoms with Gasteiger partial charge in [0.25, 0.3) is 0 Å². The number of aryl methyl sites for hydroxylation is 1. The van der Waals surface area contributed by atoms with Gasteiger partial charge in [-0.15, -0.1) is 11.3 Å². The maximum absolute atomic E-state index is 4.33. The molecule has 3 nitrogen and oxygen atoms in total. The summed E-state index contributed by atoms with van der Waals surface area (Å²) in [5, 5.41) is 6.52. The van der Waals surface area contributed by atoms with Crippen LogP contribution in [0.4, 0.5) is 11.5 Å². The normalized spacial score (nSPS) is 10.7. The fourth-order valence-electron chi connectivity index (χ4n) is 1.97. The number of thiophene rings is 1. The predicted octanol–water partition coefficient (Wildman–Crippen LogP) is 4.00. The third-order valence-corrected chi connectivity index (χ3v) is 3.73. The molecule has 90 valence electrons. The van der Waals surface area contributed by atoms with E-state index >= 15 is 0 Å². The lowest BCUT2D eigenvalue weighted by Gasteiger charge is -2.10. The molecule has 0 saturated carbocycles. The Kier molecular flexibility index (Phi) is 2.94. The molecule has 2 heterocycles. The Morgan fingerprint density at radius 3 is 2.94 bits per heavy atom. The van der Waals surface area contributed by atoms with Gasteiger partial charge < -0.3 is 5.32 Å². The number of hydrogen-bond donors (Lipinski definition) is 1. The van der Waals surface area contributed by atoms with Crippen LogP contribution in [-0.4, -0.2) is 9.97 Å². The van der Waals surface area contributed by atoms with Crippen molar-refractivity contribution in [1.82, 2.24) is 9.97 Å². The van der Waals surface area contributed by atoms with E-state index in [0.29, 0.717) is 0 Å². The van der Waals surface area contributed by atoms with Gasteiger partial charge in [0.15, 0.2) is 0 Å². The lowest BCUT2D eigenvalue weighted by molar-refractivity contribution is 1.14. The molecule has 4 heteroatoms. The van der Waals surface area contributed by atoms with Gasteiger partial charge in [0.1, 0.15) is 17.0 Å². The maximum Gasteiger partial charge on any atom is 0.142 e. The molecular weight excluding hydrogens is 242 g/mol. The molecule has 18 heavy (non-hydrogen) atoms. The molecule has 0 fully saturated rings. The highest BCUT2D eigenvalue weighted by atomic mass is 32.1. The van der Waals surface area contributed by atoms with Gasteiger partial charge in [0.2, 0.25) is 0 Å². The van der Waals surface area contributed by atoms with Crippen LogP contribution in [-0.2, 0) is 6.42 Å². The van der Waals surface area contributed by atoms with Crippen LogP contribution in [0.1, 0.15) is 12.5 Å². The second-order valence-corrected chi connectivity index (χ2v) is 4.89. The number of rotatable bonds is 3. The minimum absolute atomic E-state index is 0.877. The fourth-order valence-corrected chi connectivity index (χ4v) is 2.70. The van der Waals surface area contributed by atoms with Gasteiger partial charge >= 0.3 is 0 Å². The monoisotopic (exact) mass is 255 g/mol. The third kappa shape index (κ3) is 1.95. The highest BCUT2D eigenvalue weighted by Gasteiger charge is 2.06. The van der Waals surface area contributed by atoms with E-state index in [9.17, 15) is 0 Å². The second kappa shape index (κ2) is 4.74. The zero-order valence-corrected chi connectivity index (χ0v) is 10.9. The average molecular weight is 255 g/mol. The minimum atomic E-state index is 0.877.